The number of benzene rings is 2. The van der Waals surface area contributed by atoms with Crippen molar-refractivity contribution in [3.8, 4) is 0 Å². The topological polar surface area (TPSA) is 61.4 Å². The van der Waals surface area contributed by atoms with Crippen LogP contribution >= 0.6 is 47.2 Å². The highest BCUT2D eigenvalue weighted by molar-refractivity contribution is 8.26. The summed E-state index contributed by atoms with van der Waals surface area (Å²) in [6.45, 7) is 0. The summed E-state index contributed by atoms with van der Waals surface area (Å²) in [6, 6.07) is 9.65. The van der Waals surface area contributed by atoms with Crippen molar-refractivity contribution in [2.45, 2.75) is 0 Å². The highest BCUT2D eigenvalue weighted by Gasteiger charge is 2.33. The Bertz CT molecular complexity index is 984. The van der Waals surface area contributed by atoms with Crippen molar-refractivity contribution in [3.63, 3.8) is 0 Å². The number of hydrazine groups is 1. The van der Waals surface area contributed by atoms with Crippen LogP contribution < -0.4 is 10.7 Å². The number of carbonyl (C=O) groups excluding carboxylic acids is 2. The van der Waals surface area contributed by atoms with Crippen molar-refractivity contribution >= 4 is 75.2 Å². The number of thioether (sulfide) groups is 1. The molecule has 10 heteroatoms. The number of nitrogens with zero attached hydrogens (tertiary/aromatic N) is 1. The smallest absolute Gasteiger partial charge is 0.307 e. The Morgan fingerprint density at radius 1 is 1.19 bits per heavy atom. The van der Waals surface area contributed by atoms with Gasteiger partial charge in [0.2, 0.25) is 0 Å². The number of halogens is 3. The molecule has 1 fully saturated rings. The molecule has 0 saturated carbocycles. The second-order valence-electron chi connectivity index (χ2n) is 5.27. The fourth-order valence-corrected chi connectivity index (χ4v) is 3.62. The minimum atomic E-state index is -0.684. The molecule has 0 bridgehead atoms. The number of urea groups is 1. The van der Waals surface area contributed by atoms with Gasteiger partial charge in [0.15, 0.2) is 4.32 Å². The van der Waals surface area contributed by atoms with Crippen LogP contribution in [0.15, 0.2) is 47.4 Å². The Balaban J connectivity index is 1.69. The molecule has 0 unspecified atom stereocenters. The SMILES string of the molecule is O=C(Nc1ccc(Cl)c(Cl)c1)NN1C(=O)/C(=C\c2cccc(F)c2)SC1=S. The minimum Gasteiger partial charge on any atom is -0.307 e. The van der Waals surface area contributed by atoms with Gasteiger partial charge in [-0.3, -0.25) is 4.79 Å². The number of nitrogens with one attached hydrogen (secondary N) is 2. The van der Waals surface area contributed by atoms with Crippen LogP contribution in [-0.4, -0.2) is 21.3 Å². The molecule has 5 nitrogen and oxygen atoms in total. The second kappa shape index (κ2) is 8.26. The molecule has 0 aromatic heterocycles. The van der Waals surface area contributed by atoms with Gasteiger partial charge in [-0.25, -0.2) is 14.6 Å². The molecule has 3 amide bonds. The lowest BCUT2D eigenvalue weighted by Crippen LogP contribution is -2.46. The van der Waals surface area contributed by atoms with Crippen molar-refractivity contribution in [2.24, 2.45) is 0 Å². The quantitative estimate of drug-likeness (QED) is 0.515. The van der Waals surface area contributed by atoms with Gasteiger partial charge in [0.05, 0.1) is 15.0 Å². The minimum absolute atomic E-state index is 0.145. The summed E-state index contributed by atoms with van der Waals surface area (Å²) >= 11 is 17.8. The zero-order chi connectivity index (χ0) is 19.6. The number of thiocarbonyl (C=S) groups is 1. The van der Waals surface area contributed by atoms with Crippen molar-refractivity contribution in [2.75, 3.05) is 5.32 Å². The first-order valence-corrected chi connectivity index (χ1v) is 9.38. The van der Waals surface area contributed by atoms with Gasteiger partial charge in [-0.05, 0) is 54.2 Å². The van der Waals surface area contributed by atoms with E-state index in [4.69, 9.17) is 35.4 Å². The standard InChI is InChI=1S/C17H10Cl2FN3O2S2/c18-12-5-4-11(8-13(12)19)21-16(25)22-23-15(24)14(27-17(23)26)7-9-2-1-3-10(20)6-9/h1-8H,(H2,21,22,25)/b14-7+. The molecule has 3 rings (SSSR count). The Morgan fingerprint density at radius 2 is 1.96 bits per heavy atom. The maximum atomic E-state index is 13.3. The number of carbonyl (C=O) groups is 2. The van der Waals surface area contributed by atoms with E-state index < -0.39 is 17.8 Å². The third-order valence-electron chi connectivity index (χ3n) is 3.33. The molecule has 0 aliphatic carbocycles. The van der Waals surface area contributed by atoms with Crippen LogP contribution in [-0.2, 0) is 4.79 Å². The molecular formula is C17H10Cl2FN3O2S2. The summed E-state index contributed by atoms with van der Waals surface area (Å²) in [6.07, 6.45) is 1.50. The Morgan fingerprint density at radius 3 is 2.67 bits per heavy atom. The molecule has 138 valence electrons. The summed E-state index contributed by atoms with van der Waals surface area (Å²) in [5.74, 6) is -0.933. The van der Waals surface area contributed by atoms with E-state index in [0.717, 1.165) is 16.8 Å². The summed E-state index contributed by atoms with van der Waals surface area (Å²) in [4.78, 5) is 24.9. The number of anilines is 1. The van der Waals surface area contributed by atoms with E-state index in [1.165, 1.54) is 36.4 Å². The third kappa shape index (κ3) is 4.78. The van der Waals surface area contributed by atoms with Crippen LogP contribution in [0.5, 0.6) is 0 Å². The normalized spacial score (nSPS) is 15.4. The molecule has 2 N–H and O–H groups in total. The van der Waals surface area contributed by atoms with Crippen LogP contribution in [0.25, 0.3) is 6.08 Å². The molecule has 1 aliphatic rings. The first-order valence-electron chi connectivity index (χ1n) is 7.40. The van der Waals surface area contributed by atoms with E-state index in [1.54, 1.807) is 12.1 Å². The summed E-state index contributed by atoms with van der Waals surface area (Å²) in [5.41, 5.74) is 3.27. The number of hydrogen-bond donors (Lipinski definition) is 2. The molecule has 1 heterocycles. The first-order chi connectivity index (χ1) is 12.8. The van der Waals surface area contributed by atoms with Crippen LogP contribution in [0.1, 0.15) is 5.56 Å². The van der Waals surface area contributed by atoms with E-state index in [9.17, 15) is 14.0 Å². The molecule has 1 aliphatic heterocycles. The van der Waals surface area contributed by atoms with Crippen molar-refractivity contribution < 1.29 is 14.0 Å². The van der Waals surface area contributed by atoms with E-state index in [-0.39, 0.29) is 14.2 Å². The van der Waals surface area contributed by atoms with E-state index in [2.05, 4.69) is 10.7 Å². The summed E-state index contributed by atoms with van der Waals surface area (Å²) in [5, 5.41) is 4.09. The fraction of sp³-hybridized carbons (Fsp3) is 0. The van der Waals surface area contributed by atoms with E-state index in [1.807, 2.05) is 0 Å². The fourth-order valence-electron chi connectivity index (χ4n) is 2.15. The first kappa shape index (κ1) is 19.6. The maximum absolute atomic E-state index is 13.3. The van der Waals surface area contributed by atoms with Gasteiger partial charge in [0.25, 0.3) is 5.91 Å². The Hall–Kier alpha value is -2.13. The predicted octanol–water partition coefficient (Wildman–Crippen LogP) is 5.07. The second-order valence-corrected chi connectivity index (χ2v) is 7.76. The predicted molar refractivity (Wildman–Crippen MR) is 110 cm³/mol. The average Bonchev–Trinajstić information content (AvgIpc) is 2.86. The van der Waals surface area contributed by atoms with Gasteiger partial charge >= 0.3 is 6.03 Å². The molecular weight excluding hydrogens is 432 g/mol. The van der Waals surface area contributed by atoms with Crippen LogP contribution in [0.3, 0.4) is 0 Å². The molecule has 1 saturated heterocycles. The van der Waals surface area contributed by atoms with Crippen molar-refractivity contribution in [1.29, 1.82) is 0 Å². The zero-order valence-electron chi connectivity index (χ0n) is 13.3. The lowest BCUT2D eigenvalue weighted by atomic mass is 10.2. The number of rotatable bonds is 3. The number of hydrogen-bond acceptors (Lipinski definition) is 4. The van der Waals surface area contributed by atoms with Gasteiger partial charge in [-0.15, -0.1) is 0 Å². The molecule has 0 spiro atoms. The monoisotopic (exact) mass is 441 g/mol. The van der Waals surface area contributed by atoms with Gasteiger partial charge in [-0.1, -0.05) is 47.1 Å². The average molecular weight is 442 g/mol. The summed E-state index contributed by atoms with van der Waals surface area (Å²) in [7, 11) is 0. The molecule has 2 aromatic rings. The lowest BCUT2D eigenvalue weighted by Gasteiger charge is -2.16. The van der Waals surface area contributed by atoms with Crippen LogP contribution in [0, 0.1) is 5.82 Å². The highest BCUT2D eigenvalue weighted by Crippen LogP contribution is 2.31. The lowest BCUT2D eigenvalue weighted by molar-refractivity contribution is -0.123. The largest absolute Gasteiger partial charge is 0.338 e. The van der Waals surface area contributed by atoms with Gasteiger partial charge in [0.1, 0.15) is 5.82 Å². The maximum Gasteiger partial charge on any atom is 0.338 e. The molecule has 0 atom stereocenters. The Labute approximate surface area is 173 Å². The van der Waals surface area contributed by atoms with Gasteiger partial charge < -0.3 is 5.32 Å². The molecule has 2 aromatic carbocycles. The zero-order valence-corrected chi connectivity index (χ0v) is 16.5. The molecule has 27 heavy (non-hydrogen) atoms. The van der Waals surface area contributed by atoms with Crippen LogP contribution in [0.2, 0.25) is 10.0 Å². The van der Waals surface area contributed by atoms with Crippen molar-refractivity contribution in [1.82, 2.24) is 10.4 Å². The summed E-state index contributed by atoms with van der Waals surface area (Å²) < 4.78 is 13.4. The third-order valence-corrected chi connectivity index (χ3v) is 5.37. The van der Waals surface area contributed by atoms with Crippen molar-refractivity contribution in [3.05, 3.63) is 68.8 Å². The van der Waals surface area contributed by atoms with Gasteiger partial charge in [0, 0.05) is 5.69 Å². The number of amides is 3. The molecule has 0 radical (unpaired) electrons. The Kier molecular flexibility index (Phi) is 6.01. The van der Waals surface area contributed by atoms with Gasteiger partial charge in [-0.2, -0.15) is 5.01 Å². The van der Waals surface area contributed by atoms with E-state index >= 15 is 0 Å². The highest BCUT2D eigenvalue weighted by atomic mass is 35.5. The van der Waals surface area contributed by atoms with E-state index in [0.29, 0.717) is 16.3 Å². The van der Waals surface area contributed by atoms with Crippen LogP contribution in [0.4, 0.5) is 14.9 Å².